The molecule has 0 aliphatic carbocycles. The molecule has 1 aliphatic heterocycles. The molecule has 17 heavy (non-hydrogen) atoms. The van der Waals surface area contributed by atoms with Crippen molar-refractivity contribution in [2.45, 2.75) is 45.4 Å². The third-order valence-electron chi connectivity index (χ3n) is 2.57. The lowest BCUT2D eigenvalue weighted by atomic mass is 10.1. The molecule has 5 nitrogen and oxygen atoms in total. The SMILES string of the molecule is CC(C)NC(=O)CN1CC(CO)OC(C)(C)C1. The predicted octanol–water partition coefficient (Wildman–Crippen LogP) is -0.0173. The first kappa shape index (κ1) is 14.4. The van der Waals surface area contributed by atoms with Gasteiger partial charge in [-0.15, -0.1) is 0 Å². The first-order valence-electron chi connectivity index (χ1n) is 6.13. The topological polar surface area (TPSA) is 61.8 Å². The smallest absolute Gasteiger partial charge is 0.234 e. The Morgan fingerprint density at radius 1 is 1.59 bits per heavy atom. The van der Waals surface area contributed by atoms with Crippen molar-refractivity contribution in [2.75, 3.05) is 26.2 Å². The number of amides is 1. The van der Waals surface area contributed by atoms with Gasteiger partial charge >= 0.3 is 0 Å². The molecule has 1 fully saturated rings. The summed E-state index contributed by atoms with van der Waals surface area (Å²) in [4.78, 5) is 13.7. The van der Waals surface area contributed by atoms with Crippen molar-refractivity contribution in [3.05, 3.63) is 0 Å². The highest BCUT2D eigenvalue weighted by atomic mass is 16.5. The maximum absolute atomic E-state index is 11.7. The molecule has 1 unspecified atom stereocenters. The van der Waals surface area contributed by atoms with Crippen LogP contribution in [-0.2, 0) is 9.53 Å². The Bertz CT molecular complexity index is 266. The lowest BCUT2D eigenvalue weighted by molar-refractivity contribution is -0.153. The highest BCUT2D eigenvalue weighted by Gasteiger charge is 2.33. The monoisotopic (exact) mass is 244 g/mol. The fourth-order valence-corrected chi connectivity index (χ4v) is 2.20. The van der Waals surface area contributed by atoms with E-state index < -0.39 is 0 Å². The molecule has 0 aromatic carbocycles. The van der Waals surface area contributed by atoms with Gasteiger partial charge in [0.05, 0.1) is 24.9 Å². The van der Waals surface area contributed by atoms with E-state index in [-0.39, 0.29) is 30.3 Å². The molecule has 0 bridgehead atoms. The Morgan fingerprint density at radius 3 is 2.76 bits per heavy atom. The van der Waals surface area contributed by atoms with Crippen LogP contribution in [0.15, 0.2) is 0 Å². The summed E-state index contributed by atoms with van der Waals surface area (Å²) in [5, 5.41) is 12.0. The van der Waals surface area contributed by atoms with Crippen molar-refractivity contribution < 1.29 is 14.6 Å². The number of rotatable bonds is 4. The number of carbonyl (C=O) groups excluding carboxylic acids is 1. The van der Waals surface area contributed by atoms with E-state index in [2.05, 4.69) is 5.32 Å². The van der Waals surface area contributed by atoms with E-state index in [1.165, 1.54) is 0 Å². The molecule has 1 rings (SSSR count). The van der Waals surface area contributed by atoms with Gasteiger partial charge in [-0.1, -0.05) is 0 Å². The summed E-state index contributed by atoms with van der Waals surface area (Å²) in [6, 6.07) is 0.158. The number of hydrogen-bond donors (Lipinski definition) is 2. The van der Waals surface area contributed by atoms with E-state index in [1.807, 2.05) is 32.6 Å². The minimum Gasteiger partial charge on any atom is -0.394 e. The normalized spacial score (nSPS) is 24.9. The van der Waals surface area contributed by atoms with E-state index in [1.54, 1.807) is 0 Å². The molecule has 1 aliphatic rings. The Kier molecular flexibility index (Phi) is 4.91. The lowest BCUT2D eigenvalue weighted by Crippen LogP contribution is -2.56. The van der Waals surface area contributed by atoms with Crippen LogP contribution in [0.1, 0.15) is 27.7 Å². The minimum atomic E-state index is -0.316. The van der Waals surface area contributed by atoms with Crippen LogP contribution in [0, 0.1) is 0 Å². The fraction of sp³-hybridized carbons (Fsp3) is 0.917. The van der Waals surface area contributed by atoms with Crippen LogP contribution in [0.2, 0.25) is 0 Å². The number of nitrogens with one attached hydrogen (secondary N) is 1. The summed E-state index contributed by atoms with van der Waals surface area (Å²) >= 11 is 0. The van der Waals surface area contributed by atoms with Crippen molar-refractivity contribution in [2.24, 2.45) is 0 Å². The second-order valence-corrected chi connectivity index (χ2v) is 5.57. The molecule has 1 heterocycles. The van der Waals surface area contributed by atoms with Gasteiger partial charge in [-0.2, -0.15) is 0 Å². The van der Waals surface area contributed by atoms with E-state index in [0.29, 0.717) is 19.6 Å². The van der Waals surface area contributed by atoms with Gasteiger partial charge in [0.2, 0.25) is 5.91 Å². The van der Waals surface area contributed by atoms with Gasteiger partial charge in [-0.25, -0.2) is 0 Å². The van der Waals surface area contributed by atoms with Gasteiger partial charge in [-0.05, 0) is 27.7 Å². The standard InChI is InChI=1S/C12H24N2O3/c1-9(2)13-11(16)6-14-5-10(7-15)17-12(3,4)8-14/h9-10,15H,5-8H2,1-4H3,(H,13,16). The van der Waals surface area contributed by atoms with Crippen LogP contribution < -0.4 is 5.32 Å². The molecule has 0 radical (unpaired) electrons. The van der Waals surface area contributed by atoms with E-state index in [9.17, 15) is 4.79 Å². The number of aliphatic hydroxyl groups is 1. The molecule has 0 saturated carbocycles. The van der Waals surface area contributed by atoms with Crippen molar-refractivity contribution in [1.82, 2.24) is 10.2 Å². The molecule has 0 aromatic heterocycles. The van der Waals surface area contributed by atoms with Crippen molar-refractivity contribution in [3.63, 3.8) is 0 Å². The molecule has 1 amide bonds. The zero-order valence-electron chi connectivity index (χ0n) is 11.2. The van der Waals surface area contributed by atoms with Gasteiger partial charge in [0.15, 0.2) is 0 Å². The number of morpholine rings is 1. The average molecular weight is 244 g/mol. The summed E-state index contributed by atoms with van der Waals surface area (Å²) in [6.45, 7) is 9.49. The Morgan fingerprint density at radius 2 is 2.24 bits per heavy atom. The average Bonchev–Trinajstić information content (AvgIpc) is 2.13. The first-order valence-corrected chi connectivity index (χ1v) is 6.13. The molecule has 5 heteroatoms. The largest absolute Gasteiger partial charge is 0.394 e. The fourth-order valence-electron chi connectivity index (χ4n) is 2.20. The molecule has 2 N–H and O–H groups in total. The van der Waals surface area contributed by atoms with Crippen molar-refractivity contribution in [3.8, 4) is 0 Å². The van der Waals surface area contributed by atoms with Crippen molar-refractivity contribution >= 4 is 5.91 Å². The van der Waals surface area contributed by atoms with Gasteiger partial charge in [0.25, 0.3) is 0 Å². The number of hydrogen-bond acceptors (Lipinski definition) is 4. The molecule has 100 valence electrons. The molecular formula is C12H24N2O3. The number of aliphatic hydroxyl groups excluding tert-OH is 1. The third kappa shape index (κ3) is 5.02. The summed E-state index contributed by atoms with van der Waals surface area (Å²) in [5.41, 5.74) is -0.316. The van der Waals surface area contributed by atoms with Crippen LogP contribution in [0.3, 0.4) is 0 Å². The van der Waals surface area contributed by atoms with Gasteiger partial charge < -0.3 is 15.2 Å². The minimum absolute atomic E-state index is 0.00820. The summed E-state index contributed by atoms with van der Waals surface area (Å²) in [5.74, 6) is 0.0226. The van der Waals surface area contributed by atoms with E-state index in [4.69, 9.17) is 9.84 Å². The Hall–Kier alpha value is -0.650. The van der Waals surface area contributed by atoms with Gasteiger partial charge in [0.1, 0.15) is 0 Å². The maximum atomic E-state index is 11.7. The van der Waals surface area contributed by atoms with Crippen LogP contribution in [0.25, 0.3) is 0 Å². The molecular weight excluding hydrogens is 220 g/mol. The highest BCUT2D eigenvalue weighted by Crippen LogP contribution is 2.20. The van der Waals surface area contributed by atoms with Gasteiger partial charge in [-0.3, -0.25) is 9.69 Å². The summed E-state index contributed by atoms with van der Waals surface area (Å²) in [6.07, 6.45) is -0.203. The van der Waals surface area contributed by atoms with E-state index in [0.717, 1.165) is 0 Å². The predicted molar refractivity (Wildman–Crippen MR) is 65.8 cm³/mol. The number of nitrogens with zero attached hydrogens (tertiary/aromatic N) is 1. The molecule has 0 aromatic rings. The molecule has 0 spiro atoms. The first-order chi connectivity index (χ1) is 7.82. The van der Waals surface area contributed by atoms with Crippen LogP contribution in [-0.4, -0.2) is 59.9 Å². The molecule has 1 atom stereocenters. The highest BCUT2D eigenvalue weighted by molar-refractivity contribution is 5.78. The van der Waals surface area contributed by atoms with Crippen LogP contribution in [0.4, 0.5) is 0 Å². The second kappa shape index (κ2) is 5.80. The number of ether oxygens (including phenoxy) is 1. The van der Waals surface area contributed by atoms with Crippen LogP contribution >= 0.6 is 0 Å². The zero-order valence-corrected chi connectivity index (χ0v) is 11.2. The second-order valence-electron chi connectivity index (χ2n) is 5.57. The lowest BCUT2D eigenvalue weighted by Gasteiger charge is -2.42. The quantitative estimate of drug-likeness (QED) is 0.730. The third-order valence-corrected chi connectivity index (χ3v) is 2.57. The zero-order chi connectivity index (χ0) is 13.1. The van der Waals surface area contributed by atoms with Crippen LogP contribution in [0.5, 0.6) is 0 Å². The Labute approximate surface area is 103 Å². The van der Waals surface area contributed by atoms with E-state index >= 15 is 0 Å². The maximum Gasteiger partial charge on any atom is 0.234 e. The summed E-state index contributed by atoms with van der Waals surface area (Å²) in [7, 11) is 0. The Balaban J connectivity index is 2.50. The molecule has 1 saturated heterocycles. The number of carbonyl (C=O) groups is 1. The summed E-state index contributed by atoms with van der Waals surface area (Å²) < 4.78 is 5.69. The van der Waals surface area contributed by atoms with Gasteiger partial charge in [0, 0.05) is 19.1 Å². The van der Waals surface area contributed by atoms with Crippen molar-refractivity contribution in [1.29, 1.82) is 0 Å².